The van der Waals surface area contributed by atoms with Gasteiger partial charge in [-0.15, -0.1) is 0 Å². The monoisotopic (exact) mass is 253 g/mol. The molecule has 98 valence electrons. The first-order valence-corrected chi connectivity index (χ1v) is 6.83. The molecule has 1 fully saturated rings. The van der Waals surface area contributed by atoms with Crippen molar-refractivity contribution in [2.24, 2.45) is 5.73 Å². The van der Waals surface area contributed by atoms with Crippen LogP contribution in [0.5, 0.6) is 0 Å². The number of nitrogens with two attached hydrogens (primary N) is 1. The van der Waals surface area contributed by atoms with E-state index in [1.165, 1.54) is 18.4 Å². The van der Waals surface area contributed by atoms with Gasteiger partial charge < -0.3 is 10.6 Å². The van der Waals surface area contributed by atoms with Gasteiger partial charge in [-0.1, -0.05) is 36.4 Å². The van der Waals surface area contributed by atoms with Gasteiger partial charge in [-0.05, 0) is 30.5 Å². The van der Waals surface area contributed by atoms with Crippen LogP contribution < -0.4 is 10.6 Å². The third-order valence-electron chi connectivity index (χ3n) is 3.48. The van der Waals surface area contributed by atoms with E-state index >= 15 is 0 Å². The Morgan fingerprint density at radius 2 is 1.84 bits per heavy atom. The molecule has 3 nitrogen and oxygen atoms in total. The van der Waals surface area contributed by atoms with E-state index in [9.17, 15) is 0 Å². The van der Waals surface area contributed by atoms with Crippen molar-refractivity contribution in [3.63, 3.8) is 0 Å². The largest absolute Gasteiger partial charge is 0.349 e. The second-order valence-corrected chi connectivity index (χ2v) is 5.04. The minimum Gasteiger partial charge on any atom is -0.349 e. The van der Waals surface area contributed by atoms with Crippen molar-refractivity contribution < 1.29 is 0 Å². The van der Waals surface area contributed by atoms with Crippen LogP contribution in [0.1, 0.15) is 24.1 Å². The van der Waals surface area contributed by atoms with Crippen molar-refractivity contribution in [3.05, 3.63) is 59.8 Å². The molecule has 0 bridgehead atoms. The maximum Gasteiger partial charge on any atom is 0.129 e. The van der Waals surface area contributed by atoms with Gasteiger partial charge in [0.25, 0.3) is 0 Å². The molecule has 0 spiro atoms. The van der Waals surface area contributed by atoms with Crippen molar-refractivity contribution >= 4 is 5.82 Å². The summed E-state index contributed by atoms with van der Waals surface area (Å²) in [6, 6.07) is 17.3. The Bertz CT molecular complexity index is 535. The maximum absolute atomic E-state index is 5.68. The molecular formula is C16H19N3. The van der Waals surface area contributed by atoms with Crippen LogP contribution in [-0.4, -0.2) is 11.0 Å². The standard InChI is InChI=1S/C16H19N3/c17-11-14-7-4-8-16(18-14)19(15-9-10-15)12-13-5-2-1-3-6-13/h1-8,15H,9-12,17H2. The Kier molecular flexibility index (Phi) is 3.47. The molecule has 1 heterocycles. The van der Waals surface area contributed by atoms with Crippen LogP contribution in [0, 0.1) is 0 Å². The fourth-order valence-corrected chi connectivity index (χ4v) is 2.30. The van der Waals surface area contributed by atoms with Gasteiger partial charge in [-0.3, -0.25) is 0 Å². The molecule has 2 aromatic rings. The minimum absolute atomic E-state index is 0.498. The first-order chi connectivity index (χ1) is 9.36. The number of rotatable bonds is 5. The molecular weight excluding hydrogens is 234 g/mol. The van der Waals surface area contributed by atoms with Gasteiger partial charge in [0.2, 0.25) is 0 Å². The van der Waals surface area contributed by atoms with E-state index in [4.69, 9.17) is 5.73 Å². The zero-order valence-electron chi connectivity index (χ0n) is 11.0. The molecule has 1 aromatic carbocycles. The average molecular weight is 253 g/mol. The fourth-order valence-electron chi connectivity index (χ4n) is 2.30. The van der Waals surface area contributed by atoms with Gasteiger partial charge in [0, 0.05) is 19.1 Å². The summed E-state index contributed by atoms with van der Waals surface area (Å²) in [6.45, 7) is 1.42. The van der Waals surface area contributed by atoms with E-state index < -0.39 is 0 Å². The number of benzene rings is 1. The molecule has 0 radical (unpaired) electrons. The van der Waals surface area contributed by atoms with E-state index in [1.807, 2.05) is 12.1 Å². The number of pyridine rings is 1. The lowest BCUT2D eigenvalue weighted by molar-refractivity contribution is 0.772. The van der Waals surface area contributed by atoms with Crippen molar-refractivity contribution in [2.75, 3.05) is 4.90 Å². The van der Waals surface area contributed by atoms with Crippen molar-refractivity contribution in [1.82, 2.24) is 4.98 Å². The zero-order valence-corrected chi connectivity index (χ0v) is 11.0. The zero-order chi connectivity index (χ0) is 13.1. The van der Waals surface area contributed by atoms with Crippen LogP contribution in [0.25, 0.3) is 0 Å². The first-order valence-electron chi connectivity index (χ1n) is 6.83. The maximum atomic E-state index is 5.68. The lowest BCUT2D eigenvalue weighted by atomic mass is 10.2. The Labute approximate surface area is 114 Å². The van der Waals surface area contributed by atoms with Crippen LogP contribution in [0.2, 0.25) is 0 Å². The van der Waals surface area contributed by atoms with Crippen LogP contribution in [-0.2, 0) is 13.1 Å². The number of hydrogen-bond acceptors (Lipinski definition) is 3. The highest BCUT2D eigenvalue weighted by atomic mass is 15.2. The van der Waals surface area contributed by atoms with Gasteiger partial charge in [0.15, 0.2) is 0 Å². The molecule has 0 atom stereocenters. The summed E-state index contributed by atoms with van der Waals surface area (Å²) >= 11 is 0. The molecule has 19 heavy (non-hydrogen) atoms. The highest BCUT2D eigenvalue weighted by Crippen LogP contribution is 2.32. The van der Waals surface area contributed by atoms with E-state index in [1.54, 1.807) is 0 Å². The van der Waals surface area contributed by atoms with E-state index in [-0.39, 0.29) is 0 Å². The third kappa shape index (κ3) is 2.93. The van der Waals surface area contributed by atoms with Gasteiger partial charge in [-0.2, -0.15) is 0 Å². The van der Waals surface area contributed by atoms with Gasteiger partial charge >= 0.3 is 0 Å². The smallest absolute Gasteiger partial charge is 0.129 e. The van der Waals surface area contributed by atoms with Gasteiger partial charge in [0.1, 0.15) is 5.82 Å². The molecule has 0 unspecified atom stereocenters. The molecule has 1 aliphatic carbocycles. The van der Waals surface area contributed by atoms with Gasteiger partial charge in [-0.25, -0.2) is 4.98 Å². The van der Waals surface area contributed by atoms with Crippen LogP contribution in [0.4, 0.5) is 5.82 Å². The molecule has 0 amide bonds. The Morgan fingerprint density at radius 3 is 2.53 bits per heavy atom. The SMILES string of the molecule is NCc1cccc(N(Cc2ccccc2)C2CC2)n1. The summed E-state index contributed by atoms with van der Waals surface area (Å²) in [5.74, 6) is 1.05. The predicted molar refractivity (Wildman–Crippen MR) is 77.8 cm³/mol. The highest BCUT2D eigenvalue weighted by Gasteiger charge is 2.30. The van der Waals surface area contributed by atoms with Crippen molar-refractivity contribution in [3.8, 4) is 0 Å². The van der Waals surface area contributed by atoms with Crippen molar-refractivity contribution in [2.45, 2.75) is 32.0 Å². The van der Waals surface area contributed by atoms with Crippen LogP contribution in [0.3, 0.4) is 0 Å². The third-order valence-corrected chi connectivity index (χ3v) is 3.48. The number of anilines is 1. The first kappa shape index (κ1) is 12.2. The minimum atomic E-state index is 0.498. The van der Waals surface area contributed by atoms with E-state index in [0.29, 0.717) is 12.6 Å². The molecule has 2 N–H and O–H groups in total. The normalized spacial score (nSPS) is 14.4. The summed E-state index contributed by atoms with van der Waals surface area (Å²) in [5.41, 5.74) is 7.97. The lowest BCUT2D eigenvalue weighted by Crippen LogP contribution is -2.26. The van der Waals surface area contributed by atoms with Gasteiger partial charge in [0.05, 0.1) is 5.69 Å². The Balaban J connectivity index is 1.84. The summed E-state index contributed by atoms with van der Waals surface area (Å²) in [4.78, 5) is 7.05. The molecule has 0 aliphatic heterocycles. The highest BCUT2D eigenvalue weighted by molar-refractivity contribution is 5.43. The second kappa shape index (κ2) is 5.41. The molecule has 3 heteroatoms. The number of hydrogen-bond donors (Lipinski definition) is 1. The molecule has 1 aromatic heterocycles. The summed E-state index contributed by atoms with van der Waals surface area (Å²) in [5, 5.41) is 0. The topological polar surface area (TPSA) is 42.1 Å². The van der Waals surface area contributed by atoms with E-state index in [2.05, 4.69) is 46.3 Å². The molecule has 1 aliphatic rings. The number of nitrogens with zero attached hydrogens (tertiary/aromatic N) is 2. The van der Waals surface area contributed by atoms with Crippen LogP contribution >= 0.6 is 0 Å². The Hall–Kier alpha value is -1.87. The molecule has 3 rings (SSSR count). The lowest BCUT2D eigenvalue weighted by Gasteiger charge is -2.24. The fraction of sp³-hybridized carbons (Fsp3) is 0.312. The number of aromatic nitrogens is 1. The van der Waals surface area contributed by atoms with E-state index in [0.717, 1.165) is 18.1 Å². The summed E-state index contributed by atoms with van der Waals surface area (Å²) < 4.78 is 0. The predicted octanol–water partition coefficient (Wildman–Crippen LogP) is 2.71. The Morgan fingerprint density at radius 1 is 1.05 bits per heavy atom. The van der Waals surface area contributed by atoms with Crippen molar-refractivity contribution in [1.29, 1.82) is 0 Å². The summed E-state index contributed by atoms with van der Waals surface area (Å²) in [7, 11) is 0. The molecule has 0 saturated heterocycles. The second-order valence-electron chi connectivity index (χ2n) is 5.04. The quantitative estimate of drug-likeness (QED) is 0.891. The molecule has 1 saturated carbocycles. The average Bonchev–Trinajstić information content (AvgIpc) is 3.30. The van der Waals surface area contributed by atoms with Crippen LogP contribution in [0.15, 0.2) is 48.5 Å². The summed E-state index contributed by atoms with van der Waals surface area (Å²) in [6.07, 6.45) is 2.53.